The summed E-state index contributed by atoms with van der Waals surface area (Å²) in [5.41, 5.74) is 1.73. The van der Waals surface area contributed by atoms with Crippen LogP contribution in [0.5, 0.6) is 0 Å². The Bertz CT molecular complexity index is 625. The summed E-state index contributed by atoms with van der Waals surface area (Å²) in [6.45, 7) is 0.426. The summed E-state index contributed by atoms with van der Waals surface area (Å²) >= 11 is 3.20. The molecule has 0 fully saturated rings. The van der Waals surface area contributed by atoms with Gasteiger partial charge in [-0.3, -0.25) is 0 Å². The second-order valence-electron chi connectivity index (χ2n) is 4.21. The van der Waals surface area contributed by atoms with Gasteiger partial charge in [-0.2, -0.15) is 5.90 Å². The summed E-state index contributed by atoms with van der Waals surface area (Å²) in [5.74, 6) is 4.76. The number of hydrogen-bond donors (Lipinski definition) is 3. The second kappa shape index (κ2) is 8.96. The molecule has 0 spiro atoms. The Morgan fingerprint density at radius 1 is 1.23 bits per heavy atom. The highest BCUT2D eigenvalue weighted by atomic mass is 127. The average molecular weight is 431 g/mol. The van der Waals surface area contributed by atoms with Crippen LogP contribution < -0.4 is 16.5 Å². The van der Waals surface area contributed by atoms with Crippen molar-refractivity contribution in [1.29, 1.82) is 0 Å². The predicted octanol–water partition coefficient (Wildman–Crippen LogP) is 3.44. The summed E-state index contributed by atoms with van der Waals surface area (Å²) in [4.78, 5) is 16.7. The van der Waals surface area contributed by atoms with Crippen molar-refractivity contribution in [3.05, 3.63) is 57.7 Å². The SMILES string of the molecule is NOOSc1ccc(CNC(=O)Nc2cccc(I)c2)cc1. The van der Waals surface area contributed by atoms with Gasteiger partial charge in [0.1, 0.15) is 0 Å². The van der Waals surface area contributed by atoms with Crippen molar-refractivity contribution in [2.24, 2.45) is 5.90 Å². The number of nitrogens with two attached hydrogens (primary N) is 1. The van der Waals surface area contributed by atoms with Crippen molar-refractivity contribution in [1.82, 2.24) is 5.32 Å². The van der Waals surface area contributed by atoms with Gasteiger partial charge in [0, 0.05) is 20.7 Å². The first-order valence-corrected chi connectivity index (χ1v) is 8.09. The van der Waals surface area contributed by atoms with Crippen LogP contribution in [-0.4, -0.2) is 6.03 Å². The minimum Gasteiger partial charge on any atom is -0.334 e. The Hall–Kier alpha value is -1.33. The molecule has 0 heterocycles. The van der Waals surface area contributed by atoms with E-state index in [0.717, 1.165) is 31.8 Å². The predicted molar refractivity (Wildman–Crippen MR) is 93.7 cm³/mol. The van der Waals surface area contributed by atoms with Crippen LogP contribution in [0, 0.1) is 3.57 Å². The van der Waals surface area contributed by atoms with E-state index in [1.165, 1.54) is 0 Å². The highest BCUT2D eigenvalue weighted by Gasteiger charge is 2.02. The number of rotatable bonds is 6. The van der Waals surface area contributed by atoms with Crippen molar-refractivity contribution < 1.29 is 14.1 Å². The molecule has 2 rings (SSSR count). The van der Waals surface area contributed by atoms with Crippen LogP contribution in [0.4, 0.5) is 10.5 Å². The molecule has 0 bridgehead atoms. The van der Waals surface area contributed by atoms with E-state index in [0.29, 0.717) is 6.54 Å². The Labute approximate surface area is 146 Å². The lowest BCUT2D eigenvalue weighted by atomic mass is 10.2. The fraction of sp³-hybridized carbons (Fsp3) is 0.0714. The van der Waals surface area contributed by atoms with Gasteiger partial charge in [0.05, 0.1) is 12.0 Å². The lowest BCUT2D eigenvalue weighted by Gasteiger charge is -2.08. The molecule has 0 aliphatic carbocycles. The number of anilines is 1. The fourth-order valence-corrected chi connectivity index (χ4v) is 2.55. The van der Waals surface area contributed by atoms with Gasteiger partial charge in [0.15, 0.2) is 0 Å². The van der Waals surface area contributed by atoms with Crippen molar-refractivity contribution in [3.63, 3.8) is 0 Å². The standard InChI is InChI=1S/C14H14IN3O3S/c15-11-2-1-3-12(8-11)18-14(19)17-9-10-4-6-13(7-5-10)22-21-20-16/h1-8H,9,16H2,(H2,17,18,19). The van der Waals surface area contributed by atoms with Gasteiger partial charge in [0.2, 0.25) is 0 Å². The average Bonchev–Trinajstić information content (AvgIpc) is 2.52. The Balaban J connectivity index is 1.80. The number of hydrogen-bond acceptors (Lipinski definition) is 5. The van der Waals surface area contributed by atoms with Gasteiger partial charge >= 0.3 is 6.03 Å². The molecule has 0 saturated carbocycles. The smallest absolute Gasteiger partial charge is 0.319 e. The van der Waals surface area contributed by atoms with Gasteiger partial charge in [0.25, 0.3) is 0 Å². The van der Waals surface area contributed by atoms with Crippen LogP contribution in [0.3, 0.4) is 0 Å². The minimum absolute atomic E-state index is 0.250. The highest BCUT2D eigenvalue weighted by Crippen LogP contribution is 2.19. The molecule has 2 aromatic rings. The van der Waals surface area contributed by atoms with Crippen LogP contribution in [0.2, 0.25) is 0 Å². The maximum absolute atomic E-state index is 11.8. The minimum atomic E-state index is -0.250. The summed E-state index contributed by atoms with van der Waals surface area (Å²) in [6, 6.07) is 14.8. The van der Waals surface area contributed by atoms with E-state index >= 15 is 0 Å². The van der Waals surface area contributed by atoms with Gasteiger partial charge in [-0.25, -0.2) is 4.79 Å². The summed E-state index contributed by atoms with van der Waals surface area (Å²) in [5, 5.41) is 5.58. The maximum atomic E-state index is 11.8. The first kappa shape index (κ1) is 17.0. The first-order chi connectivity index (χ1) is 10.7. The summed E-state index contributed by atoms with van der Waals surface area (Å²) in [6.07, 6.45) is 0. The largest absolute Gasteiger partial charge is 0.334 e. The van der Waals surface area contributed by atoms with Crippen molar-refractivity contribution >= 4 is 46.4 Å². The van der Waals surface area contributed by atoms with Crippen LogP contribution >= 0.6 is 34.6 Å². The Morgan fingerprint density at radius 3 is 2.68 bits per heavy atom. The van der Waals surface area contributed by atoms with E-state index in [-0.39, 0.29) is 6.03 Å². The molecule has 0 radical (unpaired) electrons. The molecule has 0 saturated heterocycles. The molecule has 0 aliphatic rings. The lowest BCUT2D eigenvalue weighted by molar-refractivity contribution is -0.195. The third kappa shape index (κ3) is 5.81. The quantitative estimate of drug-likeness (QED) is 0.283. The number of halogens is 1. The van der Waals surface area contributed by atoms with E-state index in [1.54, 1.807) is 0 Å². The van der Waals surface area contributed by atoms with Crippen molar-refractivity contribution in [2.75, 3.05) is 5.32 Å². The maximum Gasteiger partial charge on any atom is 0.319 e. The van der Waals surface area contributed by atoms with E-state index in [9.17, 15) is 4.79 Å². The van der Waals surface area contributed by atoms with E-state index in [2.05, 4.69) is 42.5 Å². The molecular formula is C14H14IN3O3S. The van der Waals surface area contributed by atoms with E-state index in [1.807, 2.05) is 48.5 Å². The highest BCUT2D eigenvalue weighted by molar-refractivity contribution is 14.1. The molecule has 4 N–H and O–H groups in total. The molecule has 0 aliphatic heterocycles. The normalized spacial score (nSPS) is 10.3. The number of benzene rings is 2. The topological polar surface area (TPSA) is 85.6 Å². The second-order valence-corrected chi connectivity index (χ2v) is 6.23. The monoisotopic (exact) mass is 431 g/mol. The molecule has 116 valence electrons. The molecule has 0 aromatic heterocycles. The Morgan fingerprint density at radius 2 is 2.00 bits per heavy atom. The fourth-order valence-electron chi connectivity index (χ4n) is 1.65. The van der Waals surface area contributed by atoms with Gasteiger partial charge in [-0.1, -0.05) is 18.2 Å². The number of amides is 2. The van der Waals surface area contributed by atoms with Crippen molar-refractivity contribution in [3.8, 4) is 0 Å². The molecule has 22 heavy (non-hydrogen) atoms. The van der Waals surface area contributed by atoms with E-state index < -0.39 is 0 Å². The number of carbonyl (C=O) groups is 1. The zero-order valence-electron chi connectivity index (χ0n) is 11.4. The molecule has 0 unspecified atom stereocenters. The summed E-state index contributed by atoms with van der Waals surface area (Å²) < 4.78 is 5.61. The number of urea groups is 1. The molecule has 2 amide bonds. The third-order valence-corrected chi connectivity index (χ3v) is 3.91. The zero-order chi connectivity index (χ0) is 15.8. The molecule has 8 heteroatoms. The van der Waals surface area contributed by atoms with Crippen LogP contribution in [-0.2, 0) is 15.9 Å². The number of nitrogens with one attached hydrogen (secondary N) is 2. The van der Waals surface area contributed by atoms with Crippen LogP contribution in [0.25, 0.3) is 0 Å². The summed E-state index contributed by atoms with van der Waals surface area (Å²) in [7, 11) is 0. The van der Waals surface area contributed by atoms with Gasteiger partial charge < -0.3 is 10.6 Å². The Kier molecular flexibility index (Phi) is 6.93. The number of carbonyl (C=O) groups excluding carboxylic acids is 1. The molecule has 6 nitrogen and oxygen atoms in total. The third-order valence-electron chi connectivity index (χ3n) is 2.63. The molecule has 0 atom stereocenters. The zero-order valence-corrected chi connectivity index (χ0v) is 14.4. The van der Waals surface area contributed by atoms with Crippen LogP contribution in [0.1, 0.15) is 5.56 Å². The van der Waals surface area contributed by atoms with Crippen molar-refractivity contribution in [2.45, 2.75) is 11.4 Å². The van der Waals surface area contributed by atoms with E-state index in [4.69, 9.17) is 5.90 Å². The van der Waals surface area contributed by atoms with Crippen LogP contribution in [0.15, 0.2) is 53.4 Å². The lowest BCUT2D eigenvalue weighted by Crippen LogP contribution is -2.28. The van der Waals surface area contributed by atoms with Gasteiger partial charge in [-0.15, -0.1) is 9.32 Å². The first-order valence-electron chi connectivity index (χ1n) is 6.27. The molecule has 2 aromatic carbocycles. The van der Waals surface area contributed by atoms with Gasteiger partial charge in [-0.05, 0) is 58.5 Å². The molecular weight excluding hydrogens is 417 g/mol.